The standard InChI is InChI=1S/C26H27N7O5/c1-5-33-23(24(14(2)31-33)37-13-15-6-8-16(36-4)9-7-15)26-30-22(20(12-34)38-26)21-17-11-28-32(3)19(17)10-18(29-21)25(27)35/h6-11,34H,5,12-13H2,1-4H3,(H2,27,35). The predicted molar refractivity (Wildman–Crippen MR) is 137 cm³/mol. The van der Waals surface area contributed by atoms with Crippen LogP contribution in [0.25, 0.3) is 33.9 Å². The van der Waals surface area contributed by atoms with E-state index in [0.717, 1.165) is 11.3 Å². The Bertz CT molecular complexity index is 1630. The van der Waals surface area contributed by atoms with Crippen LogP contribution in [-0.4, -0.2) is 47.7 Å². The van der Waals surface area contributed by atoms with Crippen LogP contribution in [0.4, 0.5) is 0 Å². The number of hydrogen-bond acceptors (Lipinski definition) is 9. The summed E-state index contributed by atoms with van der Waals surface area (Å²) in [5, 5.41) is 19.6. The van der Waals surface area contributed by atoms with E-state index in [1.54, 1.807) is 35.8 Å². The van der Waals surface area contributed by atoms with E-state index in [4.69, 9.17) is 24.6 Å². The third-order valence-corrected chi connectivity index (χ3v) is 6.18. The van der Waals surface area contributed by atoms with Gasteiger partial charge in [0.15, 0.2) is 17.2 Å². The fourth-order valence-electron chi connectivity index (χ4n) is 4.25. The summed E-state index contributed by atoms with van der Waals surface area (Å²) in [5.74, 6) is 0.925. The van der Waals surface area contributed by atoms with Gasteiger partial charge in [-0.2, -0.15) is 10.2 Å². The number of carbonyl (C=O) groups excluding carboxylic acids is 1. The van der Waals surface area contributed by atoms with Gasteiger partial charge in [-0.3, -0.25) is 14.2 Å². The maximum absolute atomic E-state index is 12.0. The first kappa shape index (κ1) is 25.0. The third-order valence-electron chi connectivity index (χ3n) is 6.18. The van der Waals surface area contributed by atoms with Crippen molar-refractivity contribution in [1.82, 2.24) is 29.5 Å². The number of carbonyl (C=O) groups is 1. The first-order valence-electron chi connectivity index (χ1n) is 11.9. The molecule has 12 nitrogen and oxygen atoms in total. The second-order valence-electron chi connectivity index (χ2n) is 8.59. The molecule has 0 saturated carbocycles. The van der Waals surface area contributed by atoms with Crippen LogP contribution in [0.15, 0.2) is 40.9 Å². The van der Waals surface area contributed by atoms with Crippen molar-refractivity contribution in [2.45, 2.75) is 33.6 Å². The van der Waals surface area contributed by atoms with E-state index in [1.807, 2.05) is 38.1 Å². The number of ether oxygens (including phenoxy) is 2. The molecule has 5 aromatic rings. The number of aliphatic hydroxyl groups excluding tert-OH is 1. The molecule has 3 N–H and O–H groups in total. The number of oxazole rings is 1. The molecule has 0 spiro atoms. The molecule has 0 radical (unpaired) electrons. The average Bonchev–Trinajstić information content (AvgIpc) is 3.61. The molecular weight excluding hydrogens is 490 g/mol. The maximum Gasteiger partial charge on any atom is 0.267 e. The highest BCUT2D eigenvalue weighted by atomic mass is 16.5. The van der Waals surface area contributed by atoms with Crippen LogP contribution >= 0.6 is 0 Å². The second kappa shape index (κ2) is 9.98. The number of nitrogens with zero attached hydrogens (tertiary/aromatic N) is 6. The van der Waals surface area contributed by atoms with Crippen molar-refractivity contribution in [3.05, 3.63) is 59.2 Å². The minimum Gasteiger partial charge on any atom is -0.497 e. The molecule has 38 heavy (non-hydrogen) atoms. The lowest BCUT2D eigenvalue weighted by molar-refractivity contribution is 0.0996. The van der Waals surface area contributed by atoms with Crippen LogP contribution in [0.5, 0.6) is 11.5 Å². The summed E-state index contributed by atoms with van der Waals surface area (Å²) < 4.78 is 20.8. The van der Waals surface area contributed by atoms with Crippen LogP contribution in [-0.2, 0) is 26.8 Å². The average molecular weight is 518 g/mol. The van der Waals surface area contributed by atoms with Crippen LogP contribution in [0, 0.1) is 6.92 Å². The maximum atomic E-state index is 12.0. The molecular formula is C26H27N7O5. The van der Waals surface area contributed by atoms with Gasteiger partial charge in [0.2, 0.25) is 5.89 Å². The zero-order valence-corrected chi connectivity index (χ0v) is 21.4. The Labute approximate surface area is 217 Å². The zero-order chi connectivity index (χ0) is 27.0. The van der Waals surface area contributed by atoms with Gasteiger partial charge < -0.3 is 24.7 Å². The molecule has 196 valence electrons. The van der Waals surface area contributed by atoms with E-state index < -0.39 is 12.5 Å². The Morgan fingerprint density at radius 2 is 1.95 bits per heavy atom. The van der Waals surface area contributed by atoms with Gasteiger partial charge in [0, 0.05) is 19.0 Å². The molecule has 0 aliphatic heterocycles. The normalized spacial score (nSPS) is 11.3. The number of aryl methyl sites for hydroxylation is 3. The molecule has 4 heterocycles. The largest absolute Gasteiger partial charge is 0.497 e. The molecule has 0 atom stereocenters. The Morgan fingerprint density at radius 1 is 1.18 bits per heavy atom. The van der Waals surface area contributed by atoms with Gasteiger partial charge in [0.05, 0.1) is 18.8 Å². The van der Waals surface area contributed by atoms with Crippen molar-refractivity contribution < 1.29 is 23.8 Å². The first-order valence-corrected chi connectivity index (χ1v) is 11.9. The summed E-state index contributed by atoms with van der Waals surface area (Å²) in [6.45, 7) is 4.14. The summed E-state index contributed by atoms with van der Waals surface area (Å²) in [6.07, 6.45) is 1.61. The lowest BCUT2D eigenvalue weighted by Gasteiger charge is -2.08. The number of nitrogens with two attached hydrogens (primary N) is 1. The summed E-state index contributed by atoms with van der Waals surface area (Å²) in [5.41, 5.74) is 8.93. The first-order chi connectivity index (χ1) is 18.3. The molecule has 4 aromatic heterocycles. The SMILES string of the molecule is CCn1nc(C)c(OCc2ccc(OC)cc2)c1-c1nc(-c2nc(C(N)=O)cc3c2cnn3C)c(CO)o1. The van der Waals surface area contributed by atoms with Crippen molar-refractivity contribution in [3.63, 3.8) is 0 Å². The molecule has 1 amide bonds. The Hall–Kier alpha value is -4.71. The molecule has 12 heteroatoms. The summed E-state index contributed by atoms with van der Waals surface area (Å²) in [6, 6.07) is 9.13. The zero-order valence-electron chi connectivity index (χ0n) is 21.4. The number of pyridine rings is 1. The van der Waals surface area contributed by atoms with Crippen molar-refractivity contribution in [2.75, 3.05) is 7.11 Å². The van der Waals surface area contributed by atoms with Crippen molar-refractivity contribution in [1.29, 1.82) is 0 Å². The number of fused-ring (bicyclic) bond motifs is 1. The molecule has 1 aromatic carbocycles. The topological polar surface area (TPSA) is 156 Å². The summed E-state index contributed by atoms with van der Waals surface area (Å²) in [7, 11) is 3.36. The van der Waals surface area contributed by atoms with Gasteiger partial charge in [-0.15, -0.1) is 0 Å². The highest BCUT2D eigenvalue weighted by molar-refractivity contribution is 5.99. The quantitative estimate of drug-likeness (QED) is 0.300. The monoisotopic (exact) mass is 517 g/mol. The number of rotatable bonds is 9. The number of amides is 1. The van der Waals surface area contributed by atoms with E-state index in [9.17, 15) is 9.90 Å². The van der Waals surface area contributed by atoms with Crippen molar-refractivity contribution >= 4 is 16.8 Å². The van der Waals surface area contributed by atoms with E-state index in [2.05, 4.69) is 15.2 Å². The van der Waals surface area contributed by atoms with Crippen molar-refractivity contribution in [3.8, 4) is 34.5 Å². The number of hydrogen-bond donors (Lipinski definition) is 2. The highest BCUT2D eigenvalue weighted by Crippen LogP contribution is 2.38. The lowest BCUT2D eigenvalue weighted by Crippen LogP contribution is -2.14. The van der Waals surface area contributed by atoms with Crippen LogP contribution in [0.2, 0.25) is 0 Å². The van der Waals surface area contributed by atoms with Crippen LogP contribution in [0.1, 0.15) is 34.4 Å². The third kappa shape index (κ3) is 4.34. The van der Waals surface area contributed by atoms with Gasteiger partial charge >= 0.3 is 0 Å². The minimum absolute atomic E-state index is 0.0440. The van der Waals surface area contributed by atoms with E-state index in [-0.39, 0.29) is 29.6 Å². The number of primary amides is 1. The van der Waals surface area contributed by atoms with E-state index in [0.29, 0.717) is 40.3 Å². The molecule has 0 aliphatic carbocycles. The van der Waals surface area contributed by atoms with Gasteiger partial charge in [-0.05, 0) is 37.6 Å². The Morgan fingerprint density at radius 3 is 2.61 bits per heavy atom. The number of aliphatic hydroxyl groups is 1. The number of benzene rings is 1. The Kier molecular flexibility index (Phi) is 6.55. The van der Waals surface area contributed by atoms with E-state index >= 15 is 0 Å². The fraction of sp³-hybridized carbons (Fsp3) is 0.269. The van der Waals surface area contributed by atoms with Crippen LogP contribution in [0.3, 0.4) is 0 Å². The highest BCUT2D eigenvalue weighted by Gasteiger charge is 2.27. The second-order valence-corrected chi connectivity index (χ2v) is 8.59. The minimum atomic E-state index is -0.697. The summed E-state index contributed by atoms with van der Waals surface area (Å²) >= 11 is 0. The van der Waals surface area contributed by atoms with E-state index in [1.165, 1.54) is 0 Å². The number of aromatic nitrogens is 6. The van der Waals surface area contributed by atoms with Gasteiger partial charge in [0.25, 0.3) is 5.91 Å². The predicted octanol–water partition coefficient (Wildman–Crippen LogP) is 2.99. The lowest BCUT2D eigenvalue weighted by atomic mass is 10.1. The van der Waals surface area contributed by atoms with Gasteiger partial charge in [-0.25, -0.2) is 9.97 Å². The Balaban J connectivity index is 1.60. The smallest absolute Gasteiger partial charge is 0.267 e. The van der Waals surface area contributed by atoms with Gasteiger partial charge in [-0.1, -0.05) is 12.1 Å². The molecule has 0 unspecified atom stereocenters. The molecule has 0 aliphatic rings. The van der Waals surface area contributed by atoms with Crippen LogP contribution < -0.4 is 15.2 Å². The van der Waals surface area contributed by atoms with Gasteiger partial charge in [0.1, 0.15) is 41.7 Å². The number of methoxy groups -OCH3 is 1. The van der Waals surface area contributed by atoms with Crippen molar-refractivity contribution in [2.24, 2.45) is 12.8 Å². The molecule has 5 rings (SSSR count). The summed E-state index contributed by atoms with van der Waals surface area (Å²) in [4.78, 5) is 21.1. The molecule has 0 fully saturated rings. The molecule has 0 bridgehead atoms. The molecule has 0 saturated heterocycles. The fourth-order valence-corrected chi connectivity index (χ4v) is 4.25.